The van der Waals surface area contributed by atoms with Crippen molar-refractivity contribution in [3.63, 3.8) is 0 Å². The predicted molar refractivity (Wildman–Crippen MR) is 27.7 cm³/mol. The fraction of sp³-hybridized carbons (Fsp3) is 1.00. The molecular weight excluding hydrogens is 115 g/mol. The summed E-state index contributed by atoms with van der Waals surface area (Å²) in [6, 6.07) is 0. The van der Waals surface area contributed by atoms with Crippen LogP contribution in [0.5, 0.6) is 0 Å². The standard InChI is InChI=1S/C4H7FOS/c5-7-4-2-1-3-6-4/h4H,1-3H2. The zero-order valence-corrected chi connectivity index (χ0v) is 4.71. The number of hydrogen-bond acceptors (Lipinski definition) is 2. The topological polar surface area (TPSA) is 9.23 Å². The van der Waals surface area contributed by atoms with Crippen LogP contribution in [0, 0.1) is 0 Å². The van der Waals surface area contributed by atoms with E-state index in [0.717, 1.165) is 19.4 Å². The van der Waals surface area contributed by atoms with Gasteiger partial charge in [-0.3, -0.25) is 0 Å². The lowest BCUT2D eigenvalue weighted by Gasteiger charge is -1.96. The zero-order valence-electron chi connectivity index (χ0n) is 3.89. The van der Waals surface area contributed by atoms with Crippen LogP contribution in [-0.4, -0.2) is 12.0 Å². The van der Waals surface area contributed by atoms with Gasteiger partial charge in [0.15, 0.2) is 0 Å². The smallest absolute Gasteiger partial charge is 0.134 e. The molecule has 1 unspecified atom stereocenters. The molecular formula is C4H7FOS. The van der Waals surface area contributed by atoms with Crippen molar-refractivity contribution in [1.29, 1.82) is 0 Å². The maximum atomic E-state index is 11.5. The SMILES string of the molecule is FSC1CCCO1. The molecule has 1 fully saturated rings. The molecule has 0 aromatic rings. The first-order valence-corrected chi connectivity index (χ1v) is 3.10. The third-order valence-electron chi connectivity index (χ3n) is 0.987. The van der Waals surface area contributed by atoms with Gasteiger partial charge >= 0.3 is 0 Å². The molecule has 0 spiro atoms. The van der Waals surface area contributed by atoms with Gasteiger partial charge in [0, 0.05) is 6.61 Å². The molecule has 7 heavy (non-hydrogen) atoms. The zero-order chi connectivity index (χ0) is 5.11. The lowest BCUT2D eigenvalue weighted by Crippen LogP contribution is -1.93. The summed E-state index contributed by atoms with van der Waals surface area (Å²) in [6.45, 7) is 0.738. The summed E-state index contributed by atoms with van der Waals surface area (Å²) in [5, 5.41) is 0. The highest BCUT2D eigenvalue weighted by atomic mass is 32.2. The minimum Gasteiger partial charge on any atom is -0.365 e. The van der Waals surface area contributed by atoms with Gasteiger partial charge in [-0.2, -0.15) is 3.89 Å². The van der Waals surface area contributed by atoms with Crippen molar-refractivity contribution in [2.24, 2.45) is 0 Å². The average Bonchev–Trinajstić information content (AvgIpc) is 2.14. The number of ether oxygens (including phenoxy) is 1. The van der Waals surface area contributed by atoms with Gasteiger partial charge in [0.05, 0.1) is 12.1 Å². The molecule has 0 N–H and O–H groups in total. The Morgan fingerprint density at radius 1 is 1.71 bits per heavy atom. The maximum absolute atomic E-state index is 11.5. The Morgan fingerprint density at radius 2 is 2.57 bits per heavy atom. The fourth-order valence-electron chi connectivity index (χ4n) is 0.618. The molecule has 1 saturated heterocycles. The van der Waals surface area contributed by atoms with E-state index in [4.69, 9.17) is 4.74 Å². The van der Waals surface area contributed by atoms with Gasteiger partial charge in [0.1, 0.15) is 5.44 Å². The van der Waals surface area contributed by atoms with E-state index < -0.39 is 0 Å². The van der Waals surface area contributed by atoms with Crippen LogP contribution in [0.15, 0.2) is 0 Å². The van der Waals surface area contributed by atoms with Crippen LogP contribution in [0.1, 0.15) is 12.8 Å². The first kappa shape index (κ1) is 5.38. The Kier molecular flexibility index (Phi) is 1.94. The van der Waals surface area contributed by atoms with E-state index in [-0.39, 0.29) is 5.44 Å². The van der Waals surface area contributed by atoms with Crippen molar-refractivity contribution in [3.8, 4) is 0 Å². The van der Waals surface area contributed by atoms with E-state index in [1.165, 1.54) is 0 Å². The summed E-state index contributed by atoms with van der Waals surface area (Å²) in [5.74, 6) is 0. The summed E-state index contributed by atoms with van der Waals surface area (Å²) in [5.41, 5.74) is -0.153. The molecule has 42 valence electrons. The van der Waals surface area contributed by atoms with E-state index in [1.807, 2.05) is 0 Å². The van der Waals surface area contributed by atoms with E-state index in [0.29, 0.717) is 12.1 Å². The van der Waals surface area contributed by atoms with Gasteiger partial charge in [-0.15, -0.1) is 0 Å². The number of halogens is 1. The number of hydrogen-bond donors (Lipinski definition) is 0. The van der Waals surface area contributed by atoms with E-state index in [1.54, 1.807) is 0 Å². The van der Waals surface area contributed by atoms with Crippen LogP contribution in [0.4, 0.5) is 3.89 Å². The van der Waals surface area contributed by atoms with E-state index in [9.17, 15) is 3.89 Å². The van der Waals surface area contributed by atoms with E-state index >= 15 is 0 Å². The van der Waals surface area contributed by atoms with Crippen LogP contribution in [0.3, 0.4) is 0 Å². The molecule has 0 saturated carbocycles. The molecule has 0 aromatic carbocycles. The lowest BCUT2D eigenvalue weighted by molar-refractivity contribution is 0.171. The molecule has 1 aliphatic heterocycles. The third kappa shape index (κ3) is 1.31. The Labute approximate surface area is 46.5 Å². The van der Waals surface area contributed by atoms with Crippen molar-refractivity contribution in [3.05, 3.63) is 0 Å². The van der Waals surface area contributed by atoms with Crippen LogP contribution in [0.25, 0.3) is 0 Å². The molecule has 0 radical (unpaired) electrons. The molecule has 1 heterocycles. The van der Waals surface area contributed by atoms with Crippen molar-refractivity contribution in [2.75, 3.05) is 6.61 Å². The Morgan fingerprint density at radius 3 is 2.86 bits per heavy atom. The second-order valence-electron chi connectivity index (χ2n) is 1.53. The predicted octanol–water partition coefficient (Wildman–Crippen LogP) is 1.74. The van der Waals surface area contributed by atoms with Gasteiger partial charge in [-0.1, -0.05) is 0 Å². The van der Waals surface area contributed by atoms with Crippen LogP contribution >= 0.6 is 12.1 Å². The Balaban J connectivity index is 2.14. The molecule has 1 aliphatic rings. The van der Waals surface area contributed by atoms with E-state index in [2.05, 4.69) is 0 Å². The van der Waals surface area contributed by atoms with Crippen LogP contribution in [-0.2, 0) is 4.74 Å². The van der Waals surface area contributed by atoms with Crippen LogP contribution < -0.4 is 0 Å². The first-order chi connectivity index (χ1) is 3.43. The van der Waals surface area contributed by atoms with Crippen molar-refractivity contribution >= 4 is 12.1 Å². The van der Waals surface area contributed by atoms with Gasteiger partial charge in [-0.05, 0) is 12.8 Å². The van der Waals surface area contributed by atoms with Crippen LogP contribution in [0.2, 0.25) is 0 Å². The molecule has 0 bridgehead atoms. The third-order valence-corrected chi connectivity index (χ3v) is 1.56. The van der Waals surface area contributed by atoms with Gasteiger partial charge in [0.2, 0.25) is 0 Å². The van der Waals surface area contributed by atoms with Crippen molar-refractivity contribution in [2.45, 2.75) is 18.3 Å². The van der Waals surface area contributed by atoms with Crippen molar-refractivity contribution < 1.29 is 8.62 Å². The van der Waals surface area contributed by atoms with Crippen molar-refractivity contribution in [1.82, 2.24) is 0 Å². The summed E-state index contributed by atoms with van der Waals surface area (Å²) in [6.07, 6.45) is 1.89. The first-order valence-electron chi connectivity index (χ1n) is 2.32. The minimum atomic E-state index is -0.153. The van der Waals surface area contributed by atoms with Gasteiger partial charge < -0.3 is 4.74 Å². The Bertz CT molecular complexity index is 53.7. The minimum absolute atomic E-state index is 0.153. The largest absolute Gasteiger partial charge is 0.365 e. The molecule has 0 amide bonds. The van der Waals surface area contributed by atoms with Gasteiger partial charge in [0.25, 0.3) is 0 Å². The summed E-state index contributed by atoms with van der Waals surface area (Å²) >= 11 is 0.310. The Hall–Kier alpha value is 0.240. The second kappa shape index (κ2) is 2.52. The lowest BCUT2D eigenvalue weighted by atomic mass is 10.4. The van der Waals surface area contributed by atoms with Gasteiger partial charge in [-0.25, -0.2) is 0 Å². The molecule has 1 nitrogen and oxygen atoms in total. The summed E-state index contributed by atoms with van der Waals surface area (Å²) < 4.78 is 16.4. The molecule has 1 rings (SSSR count). The fourth-order valence-corrected chi connectivity index (χ4v) is 1.02. The molecule has 0 aliphatic carbocycles. The quantitative estimate of drug-likeness (QED) is 0.524. The summed E-state index contributed by atoms with van der Waals surface area (Å²) in [7, 11) is 0. The highest BCUT2D eigenvalue weighted by molar-refractivity contribution is 7.94. The highest BCUT2D eigenvalue weighted by Gasteiger charge is 2.15. The monoisotopic (exact) mass is 122 g/mol. The average molecular weight is 122 g/mol. The highest BCUT2D eigenvalue weighted by Crippen LogP contribution is 2.23. The molecule has 3 heteroatoms. The second-order valence-corrected chi connectivity index (χ2v) is 2.24. The molecule has 1 atom stereocenters. The summed E-state index contributed by atoms with van der Waals surface area (Å²) in [4.78, 5) is 0. The molecule has 0 aromatic heterocycles. The normalized spacial score (nSPS) is 31.3. The number of rotatable bonds is 1. The maximum Gasteiger partial charge on any atom is 0.134 e.